The van der Waals surface area contributed by atoms with Gasteiger partial charge in [0.1, 0.15) is 12.1 Å². The quantitative estimate of drug-likeness (QED) is 0.878. The molecule has 0 bridgehead atoms. The predicted molar refractivity (Wildman–Crippen MR) is 92.1 cm³/mol. The van der Waals surface area contributed by atoms with Gasteiger partial charge in [0.2, 0.25) is 11.8 Å². The molecule has 7 nitrogen and oxygen atoms in total. The lowest BCUT2D eigenvalue weighted by molar-refractivity contribution is -0.133. The summed E-state index contributed by atoms with van der Waals surface area (Å²) < 4.78 is 5.13. The van der Waals surface area contributed by atoms with Gasteiger partial charge in [-0.2, -0.15) is 0 Å². The van der Waals surface area contributed by atoms with Crippen LogP contribution in [0.1, 0.15) is 33.1 Å². The van der Waals surface area contributed by atoms with Crippen molar-refractivity contribution >= 4 is 11.7 Å². The first kappa shape index (κ1) is 17.0. The molecule has 2 aliphatic heterocycles. The predicted octanol–water partition coefficient (Wildman–Crippen LogP) is 1.37. The molecule has 0 aromatic carbocycles. The number of anilines is 1. The molecule has 24 heavy (non-hydrogen) atoms. The second kappa shape index (κ2) is 7.34. The lowest BCUT2D eigenvalue weighted by atomic mass is 10.0. The van der Waals surface area contributed by atoms with Crippen molar-refractivity contribution in [3.8, 4) is 5.88 Å². The van der Waals surface area contributed by atoms with E-state index < -0.39 is 0 Å². The first-order valence-electron chi connectivity index (χ1n) is 8.75. The molecule has 1 atom stereocenters. The lowest BCUT2D eigenvalue weighted by Gasteiger charge is -2.35. The number of methoxy groups -OCH3 is 1. The summed E-state index contributed by atoms with van der Waals surface area (Å²) >= 11 is 0. The van der Waals surface area contributed by atoms with E-state index in [0.717, 1.165) is 44.7 Å². The number of aromatic nitrogens is 2. The van der Waals surface area contributed by atoms with E-state index in [9.17, 15) is 4.79 Å². The molecule has 1 unspecified atom stereocenters. The standard InChI is InChI=1S/C17H27N5O2/c1-12(2)22-9-6-14(17(22)23)21-7-4-13(5-8-21)20-15-10-16(24-3)19-11-18-15/h10-14H,4-9H2,1-3H3,(H,18,19,20). The number of nitrogens with zero attached hydrogens (tertiary/aromatic N) is 4. The number of amides is 1. The third-order valence-corrected chi connectivity index (χ3v) is 5.01. The molecule has 2 fully saturated rings. The number of carbonyl (C=O) groups excluding carboxylic acids is 1. The zero-order valence-corrected chi connectivity index (χ0v) is 14.7. The molecule has 132 valence electrons. The van der Waals surface area contributed by atoms with Crippen molar-refractivity contribution in [1.82, 2.24) is 19.8 Å². The van der Waals surface area contributed by atoms with Crippen LogP contribution < -0.4 is 10.1 Å². The maximum atomic E-state index is 12.5. The highest BCUT2D eigenvalue weighted by Crippen LogP contribution is 2.24. The van der Waals surface area contributed by atoms with Crippen molar-refractivity contribution in [2.24, 2.45) is 0 Å². The Morgan fingerprint density at radius 1 is 1.21 bits per heavy atom. The van der Waals surface area contributed by atoms with Crippen LogP contribution in [-0.4, -0.2) is 70.5 Å². The highest BCUT2D eigenvalue weighted by Gasteiger charge is 2.38. The number of likely N-dealkylation sites (tertiary alicyclic amines) is 2. The van der Waals surface area contributed by atoms with E-state index in [1.54, 1.807) is 7.11 Å². The van der Waals surface area contributed by atoms with Crippen LogP contribution in [0, 0.1) is 0 Å². The number of hydrogen-bond acceptors (Lipinski definition) is 6. The summed E-state index contributed by atoms with van der Waals surface area (Å²) in [5.41, 5.74) is 0. The Morgan fingerprint density at radius 2 is 1.96 bits per heavy atom. The monoisotopic (exact) mass is 333 g/mol. The molecule has 1 N–H and O–H groups in total. The first-order valence-corrected chi connectivity index (χ1v) is 8.75. The van der Waals surface area contributed by atoms with Crippen LogP contribution in [-0.2, 0) is 4.79 Å². The van der Waals surface area contributed by atoms with Gasteiger partial charge in [-0.05, 0) is 33.1 Å². The highest BCUT2D eigenvalue weighted by atomic mass is 16.5. The minimum atomic E-state index is 0.0764. The molecule has 7 heteroatoms. The number of ether oxygens (including phenoxy) is 1. The Labute approximate surface area is 143 Å². The molecule has 3 rings (SSSR count). The summed E-state index contributed by atoms with van der Waals surface area (Å²) in [5, 5.41) is 3.45. The number of rotatable bonds is 5. The minimum absolute atomic E-state index is 0.0764. The van der Waals surface area contributed by atoms with Crippen LogP contribution in [0.4, 0.5) is 5.82 Å². The Bertz CT molecular complexity index is 572. The van der Waals surface area contributed by atoms with Gasteiger partial charge >= 0.3 is 0 Å². The average molecular weight is 333 g/mol. The first-order chi connectivity index (χ1) is 11.6. The SMILES string of the molecule is COc1cc(NC2CCN(C3CCN(C(C)C)C3=O)CC2)ncn1. The molecular weight excluding hydrogens is 306 g/mol. The highest BCUT2D eigenvalue weighted by molar-refractivity contribution is 5.84. The fourth-order valence-electron chi connectivity index (χ4n) is 3.63. The molecule has 1 amide bonds. The zero-order valence-electron chi connectivity index (χ0n) is 14.7. The van der Waals surface area contributed by atoms with Gasteiger partial charge in [-0.15, -0.1) is 0 Å². The maximum Gasteiger partial charge on any atom is 0.240 e. The lowest BCUT2D eigenvalue weighted by Crippen LogP contribution is -2.48. The molecule has 0 aliphatic carbocycles. The summed E-state index contributed by atoms with van der Waals surface area (Å²) in [5.74, 6) is 1.66. The van der Waals surface area contributed by atoms with Crippen molar-refractivity contribution in [2.75, 3.05) is 32.1 Å². The molecule has 1 aromatic heterocycles. The van der Waals surface area contributed by atoms with Crippen molar-refractivity contribution in [3.63, 3.8) is 0 Å². The van der Waals surface area contributed by atoms with E-state index in [0.29, 0.717) is 23.9 Å². The van der Waals surface area contributed by atoms with Crippen molar-refractivity contribution in [3.05, 3.63) is 12.4 Å². The van der Waals surface area contributed by atoms with Gasteiger partial charge in [0.25, 0.3) is 0 Å². The van der Waals surface area contributed by atoms with E-state index in [-0.39, 0.29) is 6.04 Å². The van der Waals surface area contributed by atoms with Gasteiger partial charge in [0, 0.05) is 37.8 Å². The fraction of sp³-hybridized carbons (Fsp3) is 0.706. The number of hydrogen-bond donors (Lipinski definition) is 1. The summed E-state index contributed by atoms with van der Waals surface area (Å²) in [6, 6.07) is 2.56. The molecule has 2 saturated heterocycles. The Hall–Kier alpha value is -1.89. The van der Waals surface area contributed by atoms with Crippen LogP contribution in [0.15, 0.2) is 12.4 Å². The molecule has 0 radical (unpaired) electrons. The van der Waals surface area contributed by atoms with Crippen LogP contribution >= 0.6 is 0 Å². The fourth-order valence-corrected chi connectivity index (χ4v) is 3.63. The number of nitrogens with one attached hydrogen (secondary N) is 1. The molecule has 0 saturated carbocycles. The summed E-state index contributed by atoms with van der Waals surface area (Å²) in [6.45, 7) is 6.96. The Kier molecular flexibility index (Phi) is 5.18. The van der Waals surface area contributed by atoms with Crippen LogP contribution in [0.2, 0.25) is 0 Å². The van der Waals surface area contributed by atoms with Crippen molar-refractivity contribution in [2.45, 2.75) is 51.2 Å². The minimum Gasteiger partial charge on any atom is -0.481 e. The van der Waals surface area contributed by atoms with E-state index in [2.05, 4.69) is 34.0 Å². The average Bonchev–Trinajstić information content (AvgIpc) is 2.97. The topological polar surface area (TPSA) is 70.6 Å². The molecule has 0 spiro atoms. The molecule has 3 heterocycles. The van der Waals surface area contributed by atoms with Gasteiger partial charge in [-0.25, -0.2) is 9.97 Å². The zero-order chi connectivity index (χ0) is 17.1. The van der Waals surface area contributed by atoms with Crippen molar-refractivity contribution < 1.29 is 9.53 Å². The van der Waals surface area contributed by atoms with Gasteiger partial charge in [-0.3, -0.25) is 9.69 Å². The Balaban J connectivity index is 1.52. The molecule has 2 aliphatic rings. The van der Waals surface area contributed by atoms with Crippen molar-refractivity contribution in [1.29, 1.82) is 0 Å². The summed E-state index contributed by atoms with van der Waals surface area (Å²) in [7, 11) is 1.60. The van der Waals surface area contributed by atoms with Gasteiger partial charge in [-0.1, -0.05) is 0 Å². The summed E-state index contributed by atoms with van der Waals surface area (Å²) in [4.78, 5) is 25.1. The van der Waals surface area contributed by atoms with Gasteiger partial charge in [0.05, 0.1) is 13.2 Å². The van der Waals surface area contributed by atoms with E-state index >= 15 is 0 Å². The van der Waals surface area contributed by atoms with E-state index in [1.165, 1.54) is 6.33 Å². The van der Waals surface area contributed by atoms with E-state index in [1.807, 2.05) is 11.0 Å². The van der Waals surface area contributed by atoms with Gasteiger partial charge < -0.3 is 15.0 Å². The van der Waals surface area contributed by atoms with Gasteiger partial charge in [0.15, 0.2) is 0 Å². The second-order valence-corrected chi connectivity index (χ2v) is 6.83. The smallest absolute Gasteiger partial charge is 0.240 e. The summed E-state index contributed by atoms with van der Waals surface area (Å²) in [6.07, 6.45) is 4.49. The molecular formula is C17H27N5O2. The Morgan fingerprint density at radius 3 is 2.58 bits per heavy atom. The third-order valence-electron chi connectivity index (χ3n) is 5.01. The largest absolute Gasteiger partial charge is 0.481 e. The second-order valence-electron chi connectivity index (χ2n) is 6.83. The third kappa shape index (κ3) is 3.61. The number of piperidine rings is 1. The maximum absolute atomic E-state index is 12.5. The van der Waals surface area contributed by atoms with Crippen LogP contribution in [0.25, 0.3) is 0 Å². The number of carbonyl (C=O) groups is 1. The normalized spacial score (nSPS) is 23.1. The molecule has 1 aromatic rings. The van der Waals surface area contributed by atoms with Crippen LogP contribution in [0.5, 0.6) is 5.88 Å². The van der Waals surface area contributed by atoms with Crippen LogP contribution in [0.3, 0.4) is 0 Å². The van der Waals surface area contributed by atoms with E-state index in [4.69, 9.17) is 4.74 Å².